The summed E-state index contributed by atoms with van der Waals surface area (Å²) in [6.45, 7) is 0. The number of hydrogen-bond donors (Lipinski definition) is 2. The van der Waals surface area contributed by atoms with Gasteiger partial charge in [0.15, 0.2) is 0 Å². The maximum atomic E-state index is 14.3. The van der Waals surface area contributed by atoms with E-state index in [1.807, 2.05) is 0 Å². The van der Waals surface area contributed by atoms with Crippen LogP contribution in [0.4, 0.5) is 10.1 Å². The van der Waals surface area contributed by atoms with Gasteiger partial charge in [-0.1, -0.05) is 18.0 Å². The molecule has 2 aromatic heterocycles. The number of halogens is 2. The number of sulfonamides is 1. The lowest BCUT2D eigenvalue weighted by molar-refractivity contribution is 0.404. The van der Waals surface area contributed by atoms with E-state index in [0.717, 1.165) is 37.4 Å². The normalized spacial score (nSPS) is 14.7. The minimum absolute atomic E-state index is 0.0407. The highest BCUT2D eigenvalue weighted by Crippen LogP contribution is 2.42. The topological polar surface area (TPSA) is 101 Å². The van der Waals surface area contributed by atoms with E-state index in [1.165, 1.54) is 12.4 Å². The van der Waals surface area contributed by atoms with Crippen LogP contribution < -0.4 is 4.72 Å². The molecule has 2 heterocycles. The fourth-order valence-corrected chi connectivity index (χ4v) is 3.98. The summed E-state index contributed by atoms with van der Waals surface area (Å²) in [5.74, 6) is 0.454. The number of nitrogens with zero attached hydrogens (tertiary/aromatic N) is 3. The number of hydrogen-bond acceptors (Lipinski definition) is 5. The second-order valence-electron chi connectivity index (χ2n) is 6.76. The monoisotopic (exact) mass is 421 g/mol. The van der Waals surface area contributed by atoms with Gasteiger partial charge in [-0.15, -0.1) is 0 Å². The largest absolute Gasteiger partial charge is 0.340 e. The lowest BCUT2D eigenvalue weighted by Crippen LogP contribution is -2.11. The zero-order valence-corrected chi connectivity index (χ0v) is 16.5. The molecule has 0 spiro atoms. The molecule has 0 radical (unpaired) electrons. The Morgan fingerprint density at radius 3 is 2.71 bits per heavy atom. The number of rotatable bonds is 5. The standard InChI is InChI=1S/C18H17ClFN5O2S/c1-28(26,27)25-14-8-11(20)7-12(15(14)19)16-17(13-5-6-21-9-22-13)24-18(23-16)10-3-2-4-10/h5-10,25H,2-4H2,1H3,(H,23,24). The van der Waals surface area contributed by atoms with Gasteiger partial charge in [0, 0.05) is 17.7 Å². The third-order valence-corrected chi connectivity index (χ3v) is 5.64. The lowest BCUT2D eigenvalue weighted by atomic mass is 9.85. The van der Waals surface area contributed by atoms with Gasteiger partial charge < -0.3 is 4.98 Å². The summed E-state index contributed by atoms with van der Waals surface area (Å²) in [7, 11) is -3.63. The van der Waals surface area contributed by atoms with Crippen molar-refractivity contribution >= 4 is 27.3 Å². The first-order valence-corrected chi connectivity index (χ1v) is 10.9. The van der Waals surface area contributed by atoms with Gasteiger partial charge in [-0.25, -0.2) is 27.8 Å². The number of aromatic amines is 1. The first-order valence-electron chi connectivity index (χ1n) is 8.65. The molecule has 1 aromatic carbocycles. The van der Waals surface area contributed by atoms with E-state index < -0.39 is 15.8 Å². The van der Waals surface area contributed by atoms with E-state index in [2.05, 4.69) is 24.7 Å². The number of nitrogens with one attached hydrogen (secondary N) is 2. The molecule has 7 nitrogen and oxygen atoms in total. The maximum absolute atomic E-state index is 14.3. The Balaban J connectivity index is 1.90. The Morgan fingerprint density at radius 1 is 1.32 bits per heavy atom. The fourth-order valence-electron chi connectivity index (χ4n) is 3.12. The first-order chi connectivity index (χ1) is 13.3. The van der Waals surface area contributed by atoms with E-state index in [-0.39, 0.29) is 16.3 Å². The Bertz CT molecular complexity index is 1130. The highest BCUT2D eigenvalue weighted by Gasteiger charge is 2.27. The average molecular weight is 422 g/mol. The molecule has 1 saturated carbocycles. The lowest BCUT2D eigenvalue weighted by Gasteiger charge is -2.22. The molecule has 146 valence electrons. The number of anilines is 1. The van der Waals surface area contributed by atoms with Gasteiger partial charge in [0.05, 0.1) is 34.0 Å². The summed E-state index contributed by atoms with van der Waals surface area (Å²) in [5.41, 5.74) is 1.83. The highest BCUT2D eigenvalue weighted by molar-refractivity contribution is 7.92. The van der Waals surface area contributed by atoms with Gasteiger partial charge in [0.2, 0.25) is 10.0 Å². The van der Waals surface area contributed by atoms with Crippen molar-refractivity contribution < 1.29 is 12.8 Å². The molecular weight excluding hydrogens is 405 g/mol. The van der Waals surface area contributed by atoms with E-state index in [4.69, 9.17) is 11.6 Å². The van der Waals surface area contributed by atoms with Gasteiger partial charge >= 0.3 is 0 Å². The van der Waals surface area contributed by atoms with Crippen molar-refractivity contribution in [2.75, 3.05) is 11.0 Å². The number of H-pyrrole nitrogens is 1. The van der Waals surface area contributed by atoms with Crippen molar-refractivity contribution in [3.8, 4) is 22.6 Å². The summed E-state index contributed by atoms with van der Waals surface area (Å²) < 4.78 is 39.8. The first kappa shape index (κ1) is 18.8. The number of benzene rings is 1. The molecule has 0 unspecified atom stereocenters. The molecule has 1 aliphatic carbocycles. The van der Waals surface area contributed by atoms with Crippen LogP contribution in [0.3, 0.4) is 0 Å². The molecule has 3 aromatic rings. The van der Waals surface area contributed by atoms with Crippen molar-refractivity contribution in [1.82, 2.24) is 19.9 Å². The molecule has 2 N–H and O–H groups in total. The summed E-state index contributed by atoms with van der Waals surface area (Å²) in [6, 6.07) is 3.99. The van der Waals surface area contributed by atoms with Gasteiger partial charge in [0.25, 0.3) is 0 Å². The Labute approximate surface area is 166 Å². The predicted octanol–water partition coefficient (Wildman–Crippen LogP) is 3.97. The molecule has 1 fully saturated rings. The van der Waals surface area contributed by atoms with Crippen LogP contribution in [0.5, 0.6) is 0 Å². The number of imidazole rings is 1. The second-order valence-corrected chi connectivity index (χ2v) is 8.88. The Morgan fingerprint density at radius 2 is 2.11 bits per heavy atom. The van der Waals surface area contributed by atoms with Crippen molar-refractivity contribution in [1.29, 1.82) is 0 Å². The molecule has 0 bridgehead atoms. The van der Waals surface area contributed by atoms with E-state index in [1.54, 1.807) is 12.3 Å². The summed E-state index contributed by atoms with van der Waals surface area (Å²) >= 11 is 6.44. The summed E-state index contributed by atoms with van der Waals surface area (Å²) in [4.78, 5) is 16.1. The molecular formula is C18H17ClFN5O2S. The van der Waals surface area contributed by atoms with Crippen LogP contribution in [0.25, 0.3) is 22.6 Å². The van der Waals surface area contributed by atoms with E-state index in [0.29, 0.717) is 23.0 Å². The summed E-state index contributed by atoms with van der Waals surface area (Å²) in [5, 5.41) is 0.0637. The van der Waals surface area contributed by atoms with Gasteiger partial charge in [-0.2, -0.15) is 0 Å². The molecule has 4 rings (SSSR count). The summed E-state index contributed by atoms with van der Waals surface area (Å²) in [6.07, 6.45) is 7.16. The highest BCUT2D eigenvalue weighted by atomic mass is 35.5. The van der Waals surface area contributed by atoms with Gasteiger partial charge in [0.1, 0.15) is 18.0 Å². The molecule has 28 heavy (non-hydrogen) atoms. The fraction of sp³-hybridized carbons (Fsp3) is 0.278. The van der Waals surface area contributed by atoms with Crippen LogP contribution in [0.2, 0.25) is 5.02 Å². The van der Waals surface area contributed by atoms with Crippen LogP contribution in [-0.4, -0.2) is 34.6 Å². The van der Waals surface area contributed by atoms with Crippen LogP contribution in [0, 0.1) is 5.82 Å². The average Bonchev–Trinajstić information content (AvgIpc) is 3.00. The van der Waals surface area contributed by atoms with Crippen LogP contribution in [0.15, 0.2) is 30.7 Å². The van der Waals surface area contributed by atoms with Crippen LogP contribution >= 0.6 is 11.6 Å². The molecule has 0 atom stereocenters. The van der Waals surface area contributed by atoms with E-state index in [9.17, 15) is 12.8 Å². The third-order valence-electron chi connectivity index (χ3n) is 4.64. The molecule has 1 aliphatic rings. The quantitative estimate of drug-likeness (QED) is 0.649. The number of aromatic nitrogens is 4. The molecule has 0 saturated heterocycles. The van der Waals surface area contributed by atoms with Crippen molar-refractivity contribution in [3.05, 3.63) is 47.4 Å². The van der Waals surface area contributed by atoms with Crippen molar-refractivity contribution in [2.45, 2.75) is 25.2 Å². The smallest absolute Gasteiger partial charge is 0.229 e. The second kappa shape index (κ2) is 7.14. The third kappa shape index (κ3) is 3.72. The SMILES string of the molecule is CS(=O)(=O)Nc1cc(F)cc(-c2nc(C3CCC3)[nH]c2-c2ccncn2)c1Cl. The molecule has 0 aliphatic heterocycles. The minimum atomic E-state index is -3.63. The maximum Gasteiger partial charge on any atom is 0.229 e. The zero-order chi connectivity index (χ0) is 19.9. The van der Waals surface area contributed by atoms with Crippen molar-refractivity contribution in [3.63, 3.8) is 0 Å². The van der Waals surface area contributed by atoms with Crippen LogP contribution in [-0.2, 0) is 10.0 Å². The minimum Gasteiger partial charge on any atom is -0.340 e. The molecule has 0 amide bonds. The predicted molar refractivity (Wildman–Crippen MR) is 105 cm³/mol. The van der Waals surface area contributed by atoms with Crippen molar-refractivity contribution in [2.24, 2.45) is 0 Å². The molecule has 10 heteroatoms. The van der Waals surface area contributed by atoms with Gasteiger partial charge in [-0.05, 0) is 31.0 Å². The Hall–Kier alpha value is -2.52. The van der Waals surface area contributed by atoms with Gasteiger partial charge in [-0.3, -0.25) is 4.72 Å². The Kier molecular flexibility index (Phi) is 4.80. The zero-order valence-electron chi connectivity index (χ0n) is 14.9. The van der Waals surface area contributed by atoms with E-state index >= 15 is 0 Å². The van der Waals surface area contributed by atoms with Crippen LogP contribution in [0.1, 0.15) is 31.0 Å².